The number of aromatic hydroxyl groups is 1. The lowest BCUT2D eigenvalue weighted by Crippen LogP contribution is -2.10. The minimum atomic E-state index is -0.181. The van der Waals surface area contributed by atoms with Gasteiger partial charge in [0.1, 0.15) is 18.1 Å². The van der Waals surface area contributed by atoms with Gasteiger partial charge in [0.2, 0.25) is 0 Å². The predicted octanol–water partition coefficient (Wildman–Crippen LogP) is 1.09. The van der Waals surface area contributed by atoms with E-state index >= 15 is 0 Å². The van der Waals surface area contributed by atoms with E-state index in [1.165, 1.54) is 0 Å². The maximum absolute atomic E-state index is 9.47. The summed E-state index contributed by atoms with van der Waals surface area (Å²) in [5.41, 5.74) is 7.50. The van der Waals surface area contributed by atoms with Crippen LogP contribution in [0, 0.1) is 6.92 Å². The lowest BCUT2D eigenvalue weighted by Gasteiger charge is -2.05. The molecule has 64 valence electrons. The summed E-state index contributed by atoms with van der Waals surface area (Å²) in [4.78, 5) is 0. The molecule has 1 aliphatic rings. The summed E-state index contributed by atoms with van der Waals surface area (Å²) < 4.78 is 5.34. The number of benzene rings is 1. The molecule has 0 saturated heterocycles. The first kappa shape index (κ1) is 7.43. The maximum atomic E-state index is 9.47. The molecule has 0 radical (unpaired) electrons. The van der Waals surface area contributed by atoms with Crippen LogP contribution in [-0.2, 0) is 0 Å². The smallest absolute Gasteiger partial charge is 0.130 e. The molecule has 3 heteroatoms. The van der Waals surface area contributed by atoms with Crippen LogP contribution < -0.4 is 10.5 Å². The highest BCUT2D eigenvalue weighted by Gasteiger charge is 2.25. The Morgan fingerprint density at radius 1 is 1.58 bits per heavy atom. The minimum absolute atomic E-state index is 0.181. The topological polar surface area (TPSA) is 55.5 Å². The molecule has 0 spiro atoms. The zero-order valence-electron chi connectivity index (χ0n) is 6.87. The molecule has 0 bridgehead atoms. The normalized spacial score (nSPS) is 20.3. The Bertz CT molecular complexity index is 323. The van der Waals surface area contributed by atoms with Crippen LogP contribution in [0.3, 0.4) is 0 Å². The summed E-state index contributed by atoms with van der Waals surface area (Å²) >= 11 is 0. The highest BCUT2D eigenvalue weighted by molar-refractivity contribution is 5.52. The molecule has 1 heterocycles. The third-order valence-corrected chi connectivity index (χ3v) is 2.15. The molecule has 0 fully saturated rings. The number of aryl methyl sites for hydroxylation is 1. The number of phenolic OH excluding ortho intramolecular Hbond substituents is 1. The van der Waals surface area contributed by atoms with Crippen molar-refractivity contribution >= 4 is 0 Å². The first-order chi connectivity index (χ1) is 5.70. The van der Waals surface area contributed by atoms with Gasteiger partial charge in [-0.1, -0.05) is 6.07 Å². The third-order valence-electron chi connectivity index (χ3n) is 2.15. The Morgan fingerprint density at radius 2 is 2.33 bits per heavy atom. The van der Waals surface area contributed by atoms with E-state index < -0.39 is 0 Å². The SMILES string of the molecule is Cc1ccc(O)c2c1OC[C@@H]2N. The molecule has 1 aromatic carbocycles. The fraction of sp³-hybridized carbons (Fsp3) is 0.333. The fourth-order valence-corrected chi connectivity index (χ4v) is 1.50. The second-order valence-corrected chi connectivity index (χ2v) is 3.06. The summed E-state index contributed by atoms with van der Waals surface area (Å²) in [5, 5.41) is 9.47. The van der Waals surface area contributed by atoms with E-state index in [-0.39, 0.29) is 11.8 Å². The van der Waals surface area contributed by atoms with Crippen LogP contribution in [0.5, 0.6) is 11.5 Å². The molecule has 1 atom stereocenters. The number of phenols is 1. The van der Waals surface area contributed by atoms with Crippen molar-refractivity contribution in [3.8, 4) is 11.5 Å². The molecular weight excluding hydrogens is 154 g/mol. The van der Waals surface area contributed by atoms with Crippen LogP contribution in [0.15, 0.2) is 12.1 Å². The summed E-state index contributed by atoms with van der Waals surface area (Å²) in [5.74, 6) is 0.989. The molecule has 2 rings (SSSR count). The van der Waals surface area contributed by atoms with Gasteiger partial charge in [0.25, 0.3) is 0 Å². The van der Waals surface area contributed by atoms with Gasteiger partial charge in [-0.15, -0.1) is 0 Å². The Balaban J connectivity index is 2.64. The summed E-state index contributed by atoms with van der Waals surface area (Å²) in [6, 6.07) is 3.30. The molecule has 1 aliphatic heterocycles. The predicted molar refractivity (Wildman–Crippen MR) is 45.3 cm³/mol. The molecule has 0 unspecified atom stereocenters. The van der Waals surface area contributed by atoms with Crippen molar-refractivity contribution in [1.82, 2.24) is 0 Å². The van der Waals surface area contributed by atoms with Crippen molar-refractivity contribution in [2.45, 2.75) is 13.0 Å². The lowest BCUT2D eigenvalue weighted by atomic mass is 10.1. The molecule has 1 aromatic rings. The van der Waals surface area contributed by atoms with Crippen molar-refractivity contribution < 1.29 is 9.84 Å². The van der Waals surface area contributed by atoms with Gasteiger partial charge in [-0.2, -0.15) is 0 Å². The van der Waals surface area contributed by atoms with Crippen molar-refractivity contribution in [3.63, 3.8) is 0 Å². The quantitative estimate of drug-likeness (QED) is 0.605. The van der Waals surface area contributed by atoms with Crippen LogP contribution in [-0.4, -0.2) is 11.7 Å². The van der Waals surface area contributed by atoms with E-state index in [0.29, 0.717) is 6.61 Å². The maximum Gasteiger partial charge on any atom is 0.130 e. The molecule has 0 saturated carbocycles. The molecule has 0 aliphatic carbocycles. The Morgan fingerprint density at radius 3 is 3.00 bits per heavy atom. The lowest BCUT2D eigenvalue weighted by molar-refractivity contribution is 0.331. The van der Waals surface area contributed by atoms with Crippen molar-refractivity contribution in [1.29, 1.82) is 0 Å². The zero-order valence-corrected chi connectivity index (χ0v) is 6.87. The van der Waals surface area contributed by atoms with Crippen molar-refractivity contribution in [3.05, 3.63) is 23.3 Å². The van der Waals surface area contributed by atoms with Gasteiger partial charge in [0, 0.05) is 0 Å². The molecule has 0 amide bonds. The average Bonchev–Trinajstić information content (AvgIpc) is 2.42. The number of rotatable bonds is 0. The summed E-state index contributed by atoms with van der Waals surface area (Å²) in [7, 11) is 0. The number of hydrogen-bond donors (Lipinski definition) is 2. The van der Waals surface area contributed by atoms with Crippen LogP contribution in [0.25, 0.3) is 0 Å². The second-order valence-electron chi connectivity index (χ2n) is 3.06. The average molecular weight is 165 g/mol. The number of fused-ring (bicyclic) bond motifs is 1. The van der Waals surface area contributed by atoms with E-state index in [1.54, 1.807) is 6.07 Å². The van der Waals surface area contributed by atoms with Crippen LogP contribution >= 0.6 is 0 Å². The van der Waals surface area contributed by atoms with Crippen LogP contribution in [0.1, 0.15) is 17.2 Å². The highest BCUT2D eigenvalue weighted by atomic mass is 16.5. The van der Waals surface area contributed by atoms with Gasteiger partial charge in [-0.05, 0) is 18.6 Å². The van der Waals surface area contributed by atoms with Gasteiger partial charge in [-0.3, -0.25) is 0 Å². The van der Waals surface area contributed by atoms with Gasteiger partial charge >= 0.3 is 0 Å². The van der Waals surface area contributed by atoms with Crippen molar-refractivity contribution in [2.75, 3.05) is 6.61 Å². The number of hydrogen-bond acceptors (Lipinski definition) is 3. The first-order valence-electron chi connectivity index (χ1n) is 3.91. The Hall–Kier alpha value is -1.22. The highest BCUT2D eigenvalue weighted by Crippen LogP contribution is 2.39. The first-order valence-corrected chi connectivity index (χ1v) is 3.91. The van der Waals surface area contributed by atoms with E-state index in [0.717, 1.165) is 16.9 Å². The summed E-state index contributed by atoms with van der Waals surface area (Å²) in [6.07, 6.45) is 0. The van der Waals surface area contributed by atoms with Crippen molar-refractivity contribution in [2.24, 2.45) is 5.73 Å². The fourth-order valence-electron chi connectivity index (χ4n) is 1.50. The zero-order chi connectivity index (χ0) is 8.72. The van der Waals surface area contributed by atoms with Gasteiger partial charge in [0.05, 0.1) is 11.6 Å². The molecule has 3 N–H and O–H groups in total. The Labute approximate surface area is 70.8 Å². The number of nitrogens with two attached hydrogens (primary N) is 1. The summed E-state index contributed by atoms with van der Waals surface area (Å²) in [6.45, 7) is 2.41. The number of ether oxygens (including phenoxy) is 1. The standard InChI is InChI=1S/C9H11NO2/c1-5-2-3-7(11)8-6(10)4-12-9(5)8/h2-3,6,11H,4,10H2,1H3/t6-/m0/s1. The van der Waals surface area contributed by atoms with E-state index in [9.17, 15) is 5.11 Å². The molecular formula is C9H11NO2. The van der Waals surface area contributed by atoms with Gasteiger partial charge < -0.3 is 15.6 Å². The Kier molecular flexibility index (Phi) is 1.48. The molecule has 12 heavy (non-hydrogen) atoms. The van der Waals surface area contributed by atoms with E-state index in [1.807, 2.05) is 13.0 Å². The van der Waals surface area contributed by atoms with E-state index in [2.05, 4.69) is 0 Å². The second kappa shape index (κ2) is 2.38. The van der Waals surface area contributed by atoms with Crippen LogP contribution in [0.4, 0.5) is 0 Å². The molecule has 3 nitrogen and oxygen atoms in total. The van der Waals surface area contributed by atoms with E-state index in [4.69, 9.17) is 10.5 Å². The van der Waals surface area contributed by atoms with Gasteiger partial charge in [-0.25, -0.2) is 0 Å². The van der Waals surface area contributed by atoms with Gasteiger partial charge in [0.15, 0.2) is 0 Å². The van der Waals surface area contributed by atoms with Crippen LogP contribution in [0.2, 0.25) is 0 Å². The third kappa shape index (κ3) is 0.865. The minimum Gasteiger partial charge on any atom is -0.507 e. The molecule has 0 aromatic heterocycles. The monoisotopic (exact) mass is 165 g/mol. The largest absolute Gasteiger partial charge is 0.507 e.